The number of likely N-dealkylation sites (tertiary alicyclic amines) is 1. The monoisotopic (exact) mass is 265 g/mol. The molecule has 3 rings (SSSR count). The zero-order chi connectivity index (χ0) is 13.1. The van der Waals surface area contributed by atoms with E-state index in [1.807, 2.05) is 6.92 Å². The smallest absolute Gasteiger partial charge is 0.229 e. The highest BCUT2D eigenvalue weighted by Gasteiger charge is 2.26. The molecule has 1 aromatic rings. The summed E-state index contributed by atoms with van der Waals surface area (Å²) in [4.78, 5) is 6.88. The molecule has 106 valence electrons. The summed E-state index contributed by atoms with van der Waals surface area (Å²) in [5.41, 5.74) is 0. The van der Waals surface area contributed by atoms with E-state index >= 15 is 0 Å². The Balaban J connectivity index is 1.46. The molecule has 2 aliphatic heterocycles. The van der Waals surface area contributed by atoms with Crippen LogP contribution in [0.4, 0.5) is 0 Å². The molecule has 1 aromatic heterocycles. The van der Waals surface area contributed by atoms with Gasteiger partial charge in [-0.25, -0.2) is 0 Å². The van der Waals surface area contributed by atoms with Gasteiger partial charge in [-0.05, 0) is 52.1 Å². The number of hydrogen-bond donors (Lipinski definition) is 0. The van der Waals surface area contributed by atoms with Gasteiger partial charge in [-0.3, -0.25) is 0 Å². The van der Waals surface area contributed by atoms with Crippen LogP contribution in [0.25, 0.3) is 0 Å². The maximum absolute atomic E-state index is 5.81. The van der Waals surface area contributed by atoms with Crippen LogP contribution in [0, 0.1) is 6.92 Å². The van der Waals surface area contributed by atoms with Crippen molar-refractivity contribution in [3.63, 3.8) is 0 Å². The lowest BCUT2D eigenvalue weighted by Gasteiger charge is -2.34. The van der Waals surface area contributed by atoms with Crippen molar-refractivity contribution in [3.05, 3.63) is 11.7 Å². The molecular weight excluding hydrogens is 242 g/mol. The predicted octanol–water partition coefficient (Wildman–Crippen LogP) is 2.13. The second-order valence-electron chi connectivity index (χ2n) is 5.74. The molecule has 0 spiro atoms. The molecule has 5 heteroatoms. The van der Waals surface area contributed by atoms with Crippen molar-refractivity contribution in [2.24, 2.45) is 0 Å². The molecule has 2 aliphatic rings. The fourth-order valence-electron chi connectivity index (χ4n) is 3.08. The molecule has 1 atom stereocenters. The van der Waals surface area contributed by atoms with Crippen LogP contribution < -0.4 is 0 Å². The summed E-state index contributed by atoms with van der Waals surface area (Å²) >= 11 is 0. The van der Waals surface area contributed by atoms with E-state index in [4.69, 9.17) is 9.26 Å². The third kappa shape index (κ3) is 3.34. The summed E-state index contributed by atoms with van der Waals surface area (Å²) < 4.78 is 11.1. The van der Waals surface area contributed by atoms with Crippen LogP contribution in [0.15, 0.2) is 4.52 Å². The van der Waals surface area contributed by atoms with Gasteiger partial charge in [0.2, 0.25) is 5.89 Å². The Morgan fingerprint density at radius 2 is 2.05 bits per heavy atom. The fraction of sp³-hybridized carbons (Fsp3) is 0.857. The standard InChI is InChI=1S/C14H23N3O2/c1-11-15-14(19-16-11)12-5-7-17(8-6-12)10-13-4-2-3-9-18-13/h12-13H,2-10H2,1H3. The minimum atomic E-state index is 0.449. The molecule has 19 heavy (non-hydrogen) atoms. The summed E-state index contributed by atoms with van der Waals surface area (Å²) in [5, 5.41) is 3.88. The van der Waals surface area contributed by atoms with Gasteiger partial charge in [0.15, 0.2) is 5.82 Å². The lowest BCUT2D eigenvalue weighted by atomic mass is 9.96. The molecule has 0 bridgehead atoms. The number of aromatic nitrogens is 2. The van der Waals surface area contributed by atoms with Gasteiger partial charge in [0.25, 0.3) is 0 Å². The predicted molar refractivity (Wildman–Crippen MR) is 71.0 cm³/mol. The van der Waals surface area contributed by atoms with Crippen LogP contribution in [0.5, 0.6) is 0 Å². The average Bonchev–Trinajstić information content (AvgIpc) is 2.87. The van der Waals surface area contributed by atoms with Crippen molar-refractivity contribution in [2.45, 2.75) is 51.0 Å². The first-order chi connectivity index (χ1) is 9.31. The van der Waals surface area contributed by atoms with E-state index in [-0.39, 0.29) is 0 Å². The van der Waals surface area contributed by atoms with Crippen LogP contribution in [0.3, 0.4) is 0 Å². The lowest BCUT2D eigenvalue weighted by molar-refractivity contribution is -0.00997. The summed E-state index contributed by atoms with van der Waals surface area (Å²) in [7, 11) is 0. The maximum Gasteiger partial charge on any atom is 0.229 e. The van der Waals surface area contributed by atoms with Crippen molar-refractivity contribution in [1.29, 1.82) is 0 Å². The van der Waals surface area contributed by atoms with Gasteiger partial charge in [0.05, 0.1) is 6.10 Å². The van der Waals surface area contributed by atoms with Crippen molar-refractivity contribution >= 4 is 0 Å². The van der Waals surface area contributed by atoms with Crippen LogP contribution in [-0.2, 0) is 4.74 Å². The van der Waals surface area contributed by atoms with Gasteiger partial charge < -0.3 is 14.2 Å². The molecule has 3 heterocycles. The summed E-state index contributed by atoms with van der Waals surface area (Å²) in [6.45, 7) is 6.15. The first kappa shape index (κ1) is 13.1. The second-order valence-corrected chi connectivity index (χ2v) is 5.74. The summed E-state index contributed by atoms with van der Waals surface area (Å²) in [6.07, 6.45) is 6.47. The zero-order valence-electron chi connectivity index (χ0n) is 11.7. The minimum Gasteiger partial charge on any atom is -0.377 e. The molecular formula is C14H23N3O2. The van der Waals surface area contributed by atoms with Gasteiger partial charge in [0.1, 0.15) is 0 Å². The molecule has 2 fully saturated rings. The highest BCUT2D eigenvalue weighted by molar-refractivity contribution is 4.95. The highest BCUT2D eigenvalue weighted by Crippen LogP contribution is 2.27. The first-order valence-corrected chi connectivity index (χ1v) is 7.45. The largest absolute Gasteiger partial charge is 0.377 e. The molecule has 0 N–H and O–H groups in total. The topological polar surface area (TPSA) is 51.4 Å². The van der Waals surface area contributed by atoms with Gasteiger partial charge in [-0.1, -0.05) is 5.16 Å². The molecule has 0 amide bonds. The van der Waals surface area contributed by atoms with Crippen LogP contribution in [0.1, 0.15) is 49.7 Å². The van der Waals surface area contributed by atoms with Gasteiger partial charge in [0, 0.05) is 19.1 Å². The first-order valence-electron chi connectivity index (χ1n) is 7.45. The van der Waals surface area contributed by atoms with E-state index in [2.05, 4.69) is 15.0 Å². The van der Waals surface area contributed by atoms with Crippen LogP contribution >= 0.6 is 0 Å². The Morgan fingerprint density at radius 1 is 1.21 bits per heavy atom. The normalized spacial score (nSPS) is 26.7. The zero-order valence-corrected chi connectivity index (χ0v) is 11.7. The molecule has 0 radical (unpaired) electrons. The van der Waals surface area contributed by atoms with Crippen molar-refractivity contribution in [1.82, 2.24) is 15.0 Å². The van der Waals surface area contributed by atoms with E-state index in [1.54, 1.807) is 0 Å². The summed E-state index contributed by atoms with van der Waals surface area (Å²) in [6, 6.07) is 0. The van der Waals surface area contributed by atoms with Crippen LogP contribution in [0.2, 0.25) is 0 Å². The summed E-state index contributed by atoms with van der Waals surface area (Å²) in [5.74, 6) is 2.02. The number of rotatable bonds is 3. The van der Waals surface area contributed by atoms with Gasteiger partial charge >= 0.3 is 0 Å². The number of hydrogen-bond acceptors (Lipinski definition) is 5. The molecule has 1 unspecified atom stereocenters. The molecule has 0 aliphatic carbocycles. The van der Waals surface area contributed by atoms with Crippen LogP contribution in [-0.4, -0.2) is 47.4 Å². The Bertz CT molecular complexity index is 393. The quantitative estimate of drug-likeness (QED) is 0.838. The molecule has 0 aromatic carbocycles. The number of piperidine rings is 1. The van der Waals surface area contributed by atoms with Gasteiger partial charge in [-0.15, -0.1) is 0 Å². The maximum atomic E-state index is 5.81. The Morgan fingerprint density at radius 3 is 2.68 bits per heavy atom. The Kier molecular flexibility index (Phi) is 4.13. The van der Waals surface area contributed by atoms with Crippen molar-refractivity contribution in [2.75, 3.05) is 26.2 Å². The second kappa shape index (κ2) is 6.01. The molecule has 2 saturated heterocycles. The molecule has 0 saturated carbocycles. The van der Waals surface area contributed by atoms with E-state index in [0.717, 1.165) is 50.8 Å². The number of ether oxygens (including phenoxy) is 1. The molecule has 5 nitrogen and oxygen atoms in total. The average molecular weight is 265 g/mol. The third-order valence-electron chi connectivity index (χ3n) is 4.22. The van der Waals surface area contributed by atoms with E-state index in [0.29, 0.717) is 12.0 Å². The fourth-order valence-corrected chi connectivity index (χ4v) is 3.08. The Labute approximate surface area is 114 Å². The van der Waals surface area contributed by atoms with E-state index in [9.17, 15) is 0 Å². The van der Waals surface area contributed by atoms with Crippen molar-refractivity contribution in [3.8, 4) is 0 Å². The van der Waals surface area contributed by atoms with Gasteiger partial charge in [-0.2, -0.15) is 4.98 Å². The number of nitrogens with zero attached hydrogens (tertiary/aromatic N) is 3. The number of aryl methyl sites for hydroxylation is 1. The van der Waals surface area contributed by atoms with E-state index < -0.39 is 0 Å². The highest BCUT2D eigenvalue weighted by atomic mass is 16.5. The SMILES string of the molecule is Cc1noc(C2CCN(CC3CCCCO3)CC2)n1. The van der Waals surface area contributed by atoms with Crippen molar-refractivity contribution < 1.29 is 9.26 Å². The third-order valence-corrected chi connectivity index (χ3v) is 4.22. The lowest BCUT2D eigenvalue weighted by Crippen LogP contribution is -2.40. The van der Waals surface area contributed by atoms with E-state index in [1.165, 1.54) is 19.3 Å². The minimum absolute atomic E-state index is 0.449. The Hall–Kier alpha value is -0.940.